The Labute approximate surface area is 246 Å². The van der Waals surface area contributed by atoms with E-state index < -0.39 is 0 Å². The van der Waals surface area contributed by atoms with Crippen molar-refractivity contribution < 1.29 is 0 Å². The zero-order chi connectivity index (χ0) is 28.3. The highest BCUT2D eigenvalue weighted by atomic mass is 32.2. The van der Waals surface area contributed by atoms with Crippen molar-refractivity contribution in [1.82, 2.24) is 25.2 Å². The Hall–Kier alpha value is -3.66. The Morgan fingerprint density at radius 2 is 1.78 bits per heavy atom. The smallest absolute Gasteiger partial charge is 0.146 e. The molecule has 8 nitrogen and oxygen atoms in total. The van der Waals surface area contributed by atoms with Crippen LogP contribution in [0.3, 0.4) is 0 Å². The summed E-state index contributed by atoms with van der Waals surface area (Å²) in [6.45, 7) is 4.14. The van der Waals surface area contributed by atoms with E-state index in [0.29, 0.717) is 23.5 Å². The van der Waals surface area contributed by atoms with Gasteiger partial charge in [-0.25, -0.2) is 14.4 Å². The normalized spacial score (nSPS) is 17.6. The van der Waals surface area contributed by atoms with E-state index in [-0.39, 0.29) is 0 Å². The molecule has 0 aliphatic heterocycles. The molecular weight excluding hydrogens is 528 g/mol. The lowest BCUT2D eigenvalue weighted by atomic mass is 10.1. The Morgan fingerprint density at radius 3 is 2.61 bits per heavy atom. The molecule has 2 atom stereocenters. The van der Waals surface area contributed by atoms with Gasteiger partial charge in [0.05, 0.1) is 5.39 Å². The van der Waals surface area contributed by atoms with E-state index in [1.54, 1.807) is 6.21 Å². The minimum atomic E-state index is 0.363. The van der Waals surface area contributed by atoms with Crippen LogP contribution in [0, 0.1) is 5.92 Å². The van der Waals surface area contributed by atoms with E-state index >= 15 is 0 Å². The first-order valence-electron chi connectivity index (χ1n) is 14.5. The van der Waals surface area contributed by atoms with Gasteiger partial charge in [0.2, 0.25) is 0 Å². The molecule has 0 radical (unpaired) electrons. The second kappa shape index (κ2) is 14.8. The maximum Gasteiger partial charge on any atom is 0.146 e. The number of hydrogen-bond donors (Lipinski definition) is 4. The summed E-state index contributed by atoms with van der Waals surface area (Å²) < 4.78 is 6.69. The highest BCUT2D eigenvalue weighted by Gasteiger charge is 2.28. The first kappa shape index (κ1) is 28.9. The largest absolute Gasteiger partial charge is 0.398 e. The van der Waals surface area contributed by atoms with Crippen LogP contribution in [0.5, 0.6) is 0 Å². The standard InChI is InChI=1S/C32H40N8S/c33-29(15-19-39-41-27-10-5-2-6-11-27)28-22-40(32-30(28)31(34)37-23-38-32)26-13-12-25(20-26)21-36-17-7-16-35-18-14-24-8-3-1-4-9-24/h1-6,8-11,15,19,22-23,25-26,35-36H,7,12-14,16-18,20-21,33H2,(H2,34,37,38)/b29-15-,39-19+. The Bertz CT molecular complexity index is 1430. The SMILES string of the molecule is N/C(=C\C=N\Sc1ccccc1)c1cn(C2CCC(CNCCCNCCc3ccccc3)C2)c2ncnc(N)c12. The molecular formula is C32H40N8S. The number of nitrogens with zero attached hydrogens (tertiary/aromatic N) is 4. The van der Waals surface area contributed by atoms with Crippen molar-refractivity contribution in [2.24, 2.45) is 16.0 Å². The maximum atomic E-state index is 6.52. The molecule has 9 heteroatoms. The number of rotatable bonds is 14. The summed E-state index contributed by atoms with van der Waals surface area (Å²) in [6, 6.07) is 21.0. The molecule has 0 amide bonds. The van der Waals surface area contributed by atoms with Gasteiger partial charge in [0.25, 0.3) is 0 Å². The number of nitrogens with two attached hydrogens (primary N) is 2. The highest BCUT2D eigenvalue weighted by molar-refractivity contribution is 7.98. The van der Waals surface area contributed by atoms with Gasteiger partial charge in [-0.2, -0.15) is 0 Å². The lowest BCUT2D eigenvalue weighted by molar-refractivity contribution is 0.452. The second-order valence-corrected chi connectivity index (χ2v) is 11.4. The number of hydrogen-bond acceptors (Lipinski definition) is 8. The fourth-order valence-electron chi connectivity index (χ4n) is 5.51. The molecule has 2 aromatic carbocycles. The van der Waals surface area contributed by atoms with Crippen LogP contribution in [0.15, 0.2) is 88.6 Å². The summed E-state index contributed by atoms with van der Waals surface area (Å²) >= 11 is 1.41. The lowest BCUT2D eigenvalue weighted by Crippen LogP contribution is -2.26. The number of benzene rings is 2. The molecule has 2 unspecified atom stereocenters. The summed E-state index contributed by atoms with van der Waals surface area (Å²) in [5.41, 5.74) is 16.5. The topological polar surface area (TPSA) is 119 Å². The van der Waals surface area contributed by atoms with Crippen LogP contribution in [0.4, 0.5) is 5.82 Å². The molecule has 5 rings (SSSR count). The van der Waals surface area contributed by atoms with Gasteiger partial charge in [-0.15, -0.1) is 0 Å². The third-order valence-corrected chi connectivity index (χ3v) is 8.36. The molecule has 2 aromatic heterocycles. The third-order valence-electron chi connectivity index (χ3n) is 7.65. The molecule has 41 heavy (non-hydrogen) atoms. The fourth-order valence-corrected chi connectivity index (χ4v) is 6.03. The molecule has 4 aromatic rings. The number of nitrogens with one attached hydrogen (secondary N) is 2. The number of aromatic nitrogens is 3. The molecule has 1 fully saturated rings. The molecule has 0 spiro atoms. The van der Waals surface area contributed by atoms with Gasteiger partial charge >= 0.3 is 0 Å². The van der Waals surface area contributed by atoms with Gasteiger partial charge in [-0.1, -0.05) is 48.5 Å². The number of fused-ring (bicyclic) bond motifs is 1. The zero-order valence-corrected chi connectivity index (χ0v) is 24.3. The van der Waals surface area contributed by atoms with Crippen molar-refractivity contribution in [2.75, 3.05) is 31.9 Å². The number of allylic oxidation sites excluding steroid dienone is 1. The van der Waals surface area contributed by atoms with Crippen molar-refractivity contribution >= 4 is 40.7 Å². The van der Waals surface area contributed by atoms with Crippen molar-refractivity contribution in [1.29, 1.82) is 0 Å². The summed E-state index contributed by atoms with van der Waals surface area (Å²) in [7, 11) is 0. The molecule has 1 aliphatic rings. The van der Waals surface area contributed by atoms with Gasteiger partial charge in [0.1, 0.15) is 17.8 Å². The van der Waals surface area contributed by atoms with E-state index in [0.717, 1.165) is 73.4 Å². The molecule has 6 N–H and O–H groups in total. The summed E-state index contributed by atoms with van der Waals surface area (Å²) in [5, 5.41) is 8.05. The summed E-state index contributed by atoms with van der Waals surface area (Å²) in [4.78, 5) is 9.94. The van der Waals surface area contributed by atoms with Gasteiger partial charge in [-0.05, 0) is 88.0 Å². The Kier molecular flexibility index (Phi) is 10.4. The predicted octanol–water partition coefficient (Wildman–Crippen LogP) is 5.24. The predicted molar refractivity (Wildman–Crippen MR) is 172 cm³/mol. The van der Waals surface area contributed by atoms with Crippen molar-refractivity contribution in [2.45, 2.75) is 43.0 Å². The van der Waals surface area contributed by atoms with Crippen LogP contribution in [0.2, 0.25) is 0 Å². The monoisotopic (exact) mass is 568 g/mol. The first-order valence-corrected chi connectivity index (χ1v) is 15.2. The van der Waals surface area contributed by atoms with Gasteiger partial charge < -0.3 is 26.7 Å². The fraction of sp³-hybridized carbons (Fsp3) is 0.344. The van der Waals surface area contributed by atoms with Gasteiger partial charge in [0.15, 0.2) is 0 Å². The van der Waals surface area contributed by atoms with Crippen LogP contribution in [-0.2, 0) is 6.42 Å². The molecule has 214 valence electrons. The molecule has 0 saturated heterocycles. The Balaban J connectivity index is 1.11. The van der Waals surface area contributed by atoms with E-state index in [1.165, 1.54) is 30.3 Å². The van der Waals surface area contributed by atoms with Crippen molar-refractivity contribution in [3.8, 4) is 0 Å². The first-order chi connectivity index (χ1) is 20.2. The quantitative estimate of drug-likeness (QED) is 0.0933. The van der Waals surface area contributed by atoms with Gasteiger partial charge in [0, 0.05) is 46.6 Å². The minimum Gasteiger partial charge on any atom is -0.398 e. The average Bonchev–Trinajstić information content (AvgIpc) is 3.63. The Morgan fingerprint density at radius 1 is 1.00 bits per heavy atom. The molecule has 1 saturated carbocycles. The summed E-state index contributed by atoms with van der Waals surface area (Å²) in [5.74, 6) is 1.09. The molecule has 1 aliphatic carbocycles. The van der Waals surface area contributed by atoms with Gasteiger partial charge in [-0.3, -0.25) is 0 Å². The van der Waals surface area contributed by atoms with E-state index in [2.05, 4.69) is 66.1 Å². The second-order valence-electron chi connectivity index (χ2n) is 10.6. The molecule has 0 bridgehead atoms. The van der Waals surface area contributed by atoms with Crippen LogP contribution < -0.4 is 22.1 Å². The van der Waals surface area contributed by atoms with E-state index in [9.17, 15) is 0 Å². The third kappa shape index (κ3) is 7.97. The van der Waals surface area contributed by atoms with Crippen molar-refractivity contribution in [3.63, 3.8) is 0 Å². The highest BCUT2D eigenvalue weighted by Crippen LogP contribution is 2.38. The van der Waals surface area contributed by atoms with Crippen LogP contribution in [0.1, 0.15) is 42.9 Å². The maximum absolute atomic E-state index is 6.52. The minimum absolute atomic E-state index is 0.363. The van der Waals surface area contributed by atoms with Crippen LogP contribution in [0.25, 0.3) is 16.7 Å². The van der Waals surface area contributed by atoms with E-state index in [1.807, 2.05) is 36.4 Å². The van der Waals surface area contributed by atoms with Crippen molar-refractivity contribution in [3.05, 3.63) is 90.4 Å². The van der Waals surface area contributed by atoms with Crippen LogP contribution >= 0.6 is 11.9 Å². The average molecular weight is 569 g/mol. The van der Waals surface area contributed by atoms with Crippen LogP contribution in [-0.4, -0.2) is 46.9 Å². The zero-order valence-electron chi connectivity index (χ0n) is 23.5. The summed E-state index contributed by atoms with van der Waals surface area (Å²) in [6.07, 6.45) is 12.8. The molecule has 2 heterocycles. The number of anilines is 1. The lowest BCUT2D eigenvalue weighted by Gasteiger charge is -2.15. The van der Waals surface area contributed by atoms with E-state index in [4.69, 9.17) is 11.5 Å². The number of nitrogen functional groups attached to an aromatic ring is 1.